The predicted molar refractivity (Wildman–Crippen MR) is 103 cm³/mol. The van der Waals surface area contributed by atoms with Gasteiger partial charge in [-0.2, -0.15) is 13.2 Å². The average molecular weight is 381 g/mol. The molecule has 0 saturated heterocycles. The Balaban J connectivity index is 1.74. The van der Waals surface area contributed by atoms with Crippen molar-refractivity contribution in [3.05, 3.63) is 113 Å². The highest BCUT2D eigenvalue weighted by atomic mass is 19.4. The van der Waals surface area contributed by atoms with Gasteiger partial charge in [0.25, 0.3) is 0 Å². The highest BCUT2D eigenvalue weighted by Gasteiger charge is 2.29. The van der Waals surface area contributed by atoms with Gasteiger partial charge in [0.1, 0.15) is 0 Å². The minimum absolute atomic E-state index is 0.327. The topological polar surface area (TPSA) is 29.1 Å². The van der Waals surface area contributed by atoms with E-state index in [4.69, 9.17) is 0 Å². The van der Waals surface area contributed by atoms with Gasteiger partial charge < -0.3 is 5.32 Å². The second-order valence-corrected chi connectivity index (χ2v) is 6.22. The van der Waals surface area contributed by atoms with Gasteiger partial charge in [-0.1, -0.05) is 72.8 Å². The Kier molecular flexibility index (Phi) is 5.94. The number of carbonyl (C=O) groups is 1. The van der Waals surface area contributed by atoms with E-state index in [0.29, 0.717) is 5.56 Å². The lowest BCUT2D eigenvalue weighted by atomic mass is 9.98. The number of hydrogen-bond donors (Lipinski definition) is 1. The maximum atomic E-state index is 12.6. The van der Waals surface area contributed by atoms with Crippen LogP contribution in [0.2, 0.25) is 0 Å². The van der Waals surface area contributed by atoms with Crippen molar-refractivity contribution in [1.82, 2.24) is 5.32 Å². The van der Waals surface area contributed by atoms with E-state index in [-0.39, 0.29) is 11.9 Å². The Morgan fingerprint density at radius 1 is 0.786 bits per heavy atom. The standard InChI is InChI=1S/C23H18F3NO/c24-23(25,26)20-14-11-17(12-15-20)13-16-21(28)27-22(18-7-3-1-4-8-18)19-9-5-2-6-10-19/h1-16,22H,(H,27,28)/b16-13+. The summed E-state index contributed by atoms with van der Waals surface area (Å²) in [6.07, 6.45) is -1.57. The summed E-state index contributed by atoms with van der Waals surface area (Å²) in [5.74, 6) is -0.336. The molecule has 0 radical (unpaired) electrons. The van der Waals surface area contributed by atoms with Crippen LogP contribution in [0, 0.1) is 0 Å². The molecule has 28 heavy (non-hydrogen) atoms. The largest absolute Gasteiger partial charge is 0.416 e. The smallest absolute Gasteiger partial charge is 0.342 e. The van der Waals surface area contributed by atoms with E-state index < -0.39 is 11.7 Å². The minimum Gasteiger partial charge on any atom is -0.342 e. The summed E-state index contributed by atoms with van der Waals surface area (Å²) >= 11 is 0. The van der Waals surface area contributed by atoms with E-state index in [1.807, 2.05) is 60.7 Å². The molecule has 5 heteroatoms. The Morgan fingerprint density at radius 3 is 1.75 bits per heavy atom. The molecule has 0 atom stereocenters. The molecule has 0 spiro atoms. The van der Waals surface area contributed by atoms with Gasteiger partial charge in [0.05, 0.1) is 11.6 Å². The van der Waals surface area contributed by atoms with Crippen LogP contribution in [0.4, 0.5) is 13.2 Å². The van der Waals surface area contributed by atoms with Crippen LogP contribution in [0.15, 0.2) is 91.0 Å². The summed E-state index contributed by atoms with van der Waals surface area (Å²) in [6.45, 7) is 0. The van der Waals surface area contributed by atoms with Crippen LogP contribution in [-0.4, -0.2) is 5.91 Å². The quantitative estimate of drug-likeness (QED) is 0.571. The van der Waals surface area contributed by atoms with E-state index in [0.717, 1.165) is 23.3 Å². The van der Waals surface area contributed by atoms with E-state index in [2.05, 4.69) is 5.32 Å². The SMILES string of the molecule is O=C(/C=C/c1ccc(C(F)(F)F)cc1)NC(c1ccccc1)c1ccccc1. The summed E-state index contributed by atoms with van der Waals surface area (Å²) in [4.78, 5) is 12.4. The highest BCUT2D eigenvalue weighted by Crippen LogP contribution is 2.29. The average Bonchev–Trinajstić information content (AvgIpc) is 2.71. The number of alkyl halides is 3. The molecule has 0 aromatic heterocycles. The summed E-state index contributed by atoms with van der Waals surface area (Å²) in [5.41, 5.74) is 1.66. The molecule has 0 unspecified atom stereocenters. The fourth-order valence-electron chi connectivity index (χ4n) is 2.80. The van der Waals surface area contributed by atoms with Crippen LogP contribution >= 0.6 is 0 Å². The van der Waals surface area contributed by atoms with Gasteiger partial charge in [-0.05, 0) is 34.9 Å². The van der Waals surface area contributed by atoms with Crippen LogP contribution in [0.1, 0.15) is 28.3 Å². The Bertz CT molecular complexity index is 894. The Morgan fingerprint density at radius 2 is 1.29 bits per heavy atom. The third-order valence-electron chi connectivity index (χ3n) is 4.22. The predicted octanol–water partition coefficient (Wildman–Crippen LogP) is 5.62. The van der Waals surface area contributed by atoms with Crippen molar-refractivity contribution in [1.29, 1.82) is 0 Å². The molecule has 142 valence electrons. The van der Waals surface area contributed by atoms with Crippen LogP contribution in [0.25, 0.3) is 6.08 Å². The molecule has 2 nitrogen and oxygen atoms in total. The summed E-state index contributed by atoms with van der Waals surface area (Å²) < 4.78 is 37.9. The van der Waals surface area contributed by atoms with Crippen molar-refractivity contribution in [2.75, 3.05) is 0 Å². The number of benzene rings is 3. The molecule has 0 aliphatic carbocycles. The van der Waals surface area contributed by atoms with Gasteiger partial charge >= 0.3 is 6.18 Å². The van der Waals surface area contributed by atoms with E-state index >= 15 is 0 Å². The third kappa shape index (κ3) is 5.10. The first-order valence-electron chi connectivity index (χ1n) is 8.69. The summed E-state index contributed by atoms with van der Waals surface area (Å²) in [5, 5.41) is 2.95. The number of nitrogens with one attached hydrogen (secondary N) is 1. The van der Waals surface area contributed by atoms with E-state index in [1.165, 1.54) is 24.3 Å². The molecule has 3 rings (SSSR count). The van der Waals surface area contributed by atoms with Crippen molar-refractivity contribution in [2.24, 2.45) is 0 Å². The van der Waals surface area contributed by atoms with Gasteiger partial charge in [-0.15, -0.1) is 0 Å². The van der Waals surface area contributed by atoms with Gasteiger partial charge in [-0.3, -0.25) is 4.79 Å². The van der Waals surface area contributed by atoms with Gasteiger partial charge in [0.2, 0.25) is 5.91 Å². The normalized spacial score (nSPS) is 11.7. The Hall–Kier alpha value is -3.34. The molecule has 0 heterocycles. The number of hydrogen-bond acceptors (Lipinski definition) is 1. The number of rotatable bonds is 5. The molecular formula is C23H18F3NO. The van der Waals surface area contributed by atoms with Crippen molar-refractivity contribution in [3.8, 4) is 0 Å². The van der Waals surface area contributed by atoms with Crippen molar-refractivity contribution in [2.45, 2.75) is 12.2 Å². The molecule has 0 fully saturated rings. The number of carbonyl (C=O) groups excluding carboxylic acids is 1. The highest BCUT2D eigenvalue weighted by molar-refractivity contribution is 5.92. The van der Waals surface area contributed by atoms with E-state index in [1.54, 1.807) is 0 Å². The maximum absolute atomic E-state index is 12.6. The first-order chi connectivity index (χ1) is 13.4. The monoisotopic (exact) mass is 381 g/mol. The second-order valence-electron chi connectivity index (χ2n) is 6.22. The zero-order valence-corrected chi connectivity index (χ0v) is 14.9. The van der Waals surface area contributed by atoms with Gasteiger partial charge in [0, 0.05) is 6.08 Å². The lowest BCUT2D eigenvalue weighted by Gasteiger charge is -2.19. The summed E-state index contributed by atoms with van der Waals surface area (Å²) in [7, 11) is 0. The molecule has 3 aromatic carbocycles. The number of halogens is 3. The van der Waals surface area contributed by atoms with Gasteiger partial charge in [-0.25, -0.2) is 0 Å². The van der Waals surface area contributed by atoms with E-state index in [9.17, 15) is 18.0 Å². The van der Waals surface area contributed by atoms with Gasteiger partial charge in [0.15, 0.2) is 0 Å². The molecule has 1 N–H and O–H groups in total. The first kappa shape index (κ1) is 19.4. The lowest BCUT2D eigenvalue weighted by molar-refractivity contribution is -0.137. The zero-order valence-electron chi connectivity index (χ0n) is 14.9. The minimum atomic E-state index is -4.38. The van der Waals surface area contributed by atoms with Crippen LogP contribution < -0.4 is 5.32 Å². The maximum Gasteiger partial charge on any atom is 0.416 e. The third-order valence-corrected chi connectivity index (χ3v) is 4.22. The Labute approximate surface area is 161 Å². The van der Waals surface area contributed by atoms with Crippen LogP contribution in [-0.2, 0) is 11.0 Å². The molecule has 0 bridgehead atoms. The fraction of sp³-hybridized carbons (Fsp3) is 0.0870. The molecule has 3 aromatic rings. The molecule has 0 saturated carbocycles. The zero-order chi connectivity index (χ0) is 20.0. The summed E-state index contributed by atoms with van der Waals surface area (Å²) in [6, 6.07) is 23.4. The number of amides is 1. The second kappa shape index (κ2) is 8.57. The molecule has 0 aliphatic heterocycles. The molecule has 1 amide bonds. The lowest BCUT2D eigenvalue weighted by Crippen LogP contribution is -2.27. The van der Waals surface area contributed by atoms with Crippen LogP contribution in [0.5, 0.6) is 0 Å². The van der Waals surface area contributed by atoms with Crippen molar-refractivity contribution < 1.29 is 18.0 Å². The first-order valence-corrected chi connectivity index (χ1v) is 8.69. The molecular weight excluding hydrogens is 363 g/mol. The van der Waals surface area contributed by atoms with Crippen molar-refractivity contribution >= 4 is 12.0 Å². The van der Waals surface area contributed by atoms with Crippen molar-refractivity contribution in [3.63, 3.8) is 0 Å². The van der Waals surface area contributed by atoms with Crippen LogP contribution in [0.3, 0.4) is 0 Å². The fourth-order valence-corrected chi connectivity index (χ4v) is 2.80. The molecule has 0 aliphatic rings.